The van der Waals surface area contributed by atoms with Crippen molar-refractivity contribution in [3.8, 4) is 0 Å². The fourth-order valence-electron chi connectivity index (χ4n) is 4.73. The van der Waals surface area contributed by atoms with Gasteiger partial charge in [-0.15, -0.1) is 0 Å². The van der Waals surface area contributed by atoms with Gasteiger partial charge in [0, 0.05) is 19.6 Å². The second kappa shape index (κ2) is 5.31. The van der Waals surface area contributed by atoms with E-state index in [0.29, 0.717) is 19.6 Å². The van der Waals surface area contributed by atoms with Gasteiger partial charge in [-0.1, -0.05) is 30.3 Å². The number of carbonyl (C=O) groups excluding carboxylic acids is 1. The third-order valence-electron chi connectivity index (χ3n) is 6.31. The molecule has 0 aromatic heterocycles. The molecule has 24 heavy (non-hydrogen) atoms. The summed E-state index contributed by atoms with van der Waals surface area (Å²) in [6.07, 6.45) is 2.60. The SMILES string of the molecule is CN1CCC2CN(C(=O)C3(c4ccccc4)CC3)CC2(C(=O)O)C1. The third-order valence-corrected chi connectivity index (χ3v) is 6.31. The van der Waals surface area contributed by atoms with E-state index in [1.807, 2.05) is 42.3 Å². The van der Waals surface area contributed by atoms with Gasteiger partial charge in [-0.05, 0) is 44.3 Å². The number of carboxylic acid groups (broad SMARTS) is 1. The molecule has 0 radical (unpaired) electrons. The summed E-state index contributed by atoms with van der Waals surface area (Å²) in [6.45, 7) is 2.39. The number of fused-ring (bicyclic) bond motifs is 1. The van der Waals surface area contributed by atoms with Crippen molar-refractivity contribution in [2.75, 3.05) is 33.2 Å². The molecule has 1 amide bonds. The summed E-state index contributed by atoms with van der Waals surface area (Å²) in [6, 6.07) is 9.95. The highest BCUT2D eigenvalue weighted by Crippen LogP contribution is 2.52. The van der Waals surface area contributed by atoms with Crippen molar-refractivity contribution in [2.24, 2.45) is 11.3 Å². The molecule has 1 N–H and O–H groups in total. The van der Waals surface area contributed by atoms with Gasteiger partial charge in [0.2, 0.25) is 5.91 Å². The van der Waals surface area contributed by atoms with E-state index in [-0.39, 0.29) is 11.8 Å². The molecule has 1 saturated carbocycles. The minimum Gasteiger partial charge on any atom is -0.481 e. The normalized spacial score (nSPS) is 31.5. The van der Waals surface area contributed by atoms with Crippen LogP contribution in [-0.4, -0.2) is 60.0 Å². The molecular formula is C19H24N2O3. The minimum atomic E-state index is -0.796. The van der Waals surface area contributed by atoms with E-state index in [2.05, 4.69) is 4.90 Å². The van der Waals surface area contributed by atoms with Crippen molar-refractivity contribution < 1.29 is 14.7 Å². The molecule has 0 bridgehead atoms. The molecule has 4 rings (SSSR count). The largest absolute Gasteiger partial charge is 0.481 e. The van der Waals surface area contributed by atoms with Gasteiger partial charge < -0.3 is 14.9 Å². The Morgan fingerprint density at radius 1 is 1.17 bits per heavy atom. The van der Waals surface area contributed by atoms with Crippen LogP contribution < -0.4 is 0 Å². The predicted octanol–water partition coefficient (Wildman–Crippen LogP) is 1.58. The predicted molar refractivity (Wildman–Crippen MR) is 89.6 cm³/mol. The number of rotatable bonds is 3. The maximum atomic E-state index is 13.2. The fraction of sp³-hybridized carbons (Fsp3) is 0.579. The molecule has 5 nitrogen and oxygen atoms in total. The Hall–Kier alpha value is -1.88. The molecule has 3 aliphatic rings. The lowest BCUT2D eigenvalue weighted by molar-refractivity contribution is -0.154. The van der Waals surface area contributed by atoms with Crippen LogP contribution in [0.4, 0.5) is 0 Å². The Labute approximate surface area is 142 Å². The third kappa shape index (κ3) is 2.18. The number of carboxylic acids is 1. The molecule has 1 aromatic rings. The number of likely N-dealkylation sites (tertiary alicyclic amines) is 2. The van der Waals surface area contributed by atoms with Crippen molar-refractivity contribution in [3.63, 3.8) is 0 Å². The van der Waals surface area contributed by atoms with Gasteiger partial charge in [-0.3, -0.25) is 9.59 Å². The fourth-order valence-corrected chi connectivity index (χ4v) is 4.73. The summed E-state index contributed by atoms with van der Waals surface area (Å²) in [5.74, 6) is -0.549. The smallest absolute Gasteiger partial charge is 0.313 e. The number of piperidine rings is 1. The summed E-state index contributed by atoms with van der Waals surface area (Å²) < 4.78 is 0. The number of carbonyl (C=O) groups is 2. The van der Waals surface area contributed by atoms with Crippen LogP contribution in [0.1, 0.15) is 24.8 Å². The number of hydrogen-bond donors (Lipinski definition) is 1. The number of nitrogens with zero attached hydrogens (tertiary/aromatic N) is 2. The number of benzene rings is 1. The van der Waals surface area contributed by atoms with Crippen molar-refractivity contribution in [1.29, 1.82) is 0 Å². The van der Waals surface area contributed by atoms with Crippen molar-refractivity contribution in [3.05, 3.63) is 35.9 Å². The van der Waals surface area contributed by atoms with E-state index in [4.69, 9.17) is 0 Å². The van der Waals surface area contributed by atoms with Crippen molar-refractivity contribution in [1.82, 2.24) is 9.80 Å². The lowest BCUT2D eigenvalue weighted by Crippen LogP contribution is -2.52. The molecule has 3 fully saturated rings. The molecule has 1 aromatic carbocycles. The van der Waals surface area contributed by atoms with Crippen molar-refractivity contribution in [2.45, 2.75) is 24.7 Å². The average Bonchev–Trinajstić information content (AvgIpc) is 3.30. The lowest BCUT2D eigenvalue weighted by atomic mass is 9.73. The quantitative estimate of drug-likeness (QED) is 0.915. The van der Waals surface area contributed by atoms with Crippen LogP contribution in [0.2, 0.25) is 0 Å². The maximum absolute atomic E-state index is 13.2. The second-order valence-electron chi connectivity index (χ2n) is 7.82. The highest BCUT2D eigenvalue weighted by Gasteiger charge is 2.60. The molecule has 2 saturated heterocycles. The number of amides is 1. The maximum Gasteiger partial charge on any atom is 0.313 e. The second-order valence-corrected chi connectivity index (χ2v) is 7.82. The first-order valence-electron chi connectivity index (χ1n) is 8.75. The first-order valence-corrected chi connectivity index (χ1v) is 8.75. The summed E-state index contributed by atoms with van der Waals surface area (Å²) in [7, 11) is 1.97. The van der Waals surface area contributed by atoms with Gasteiger partial charge in [0.15, 0.2) is 0 Å². The Bertz CT molecular complexity index is 670. The van der Waals surface area contributed by atoms with E-state index < -0.39 is 16.8 Å². The molecule has 2 aliphatic heterocycles. The van der Waals surface area contributed by atoms with Crippen LogP contribution in [0.5, 0.6) is 0 Å². The molecule has 0 spiro atoms. The molecule has 2 atom stereocenters. The monoisotopic (exact) mass is 328 g/mol. The van der Waals surface area contributed by atoms with Gasteiger partial charge in [0.25, 0.3) is 0 Å². The Morgan fingerprint density at radius 2 is 1.88 bits per heavy atom. The van der Waals surface area contributed by atoms with Crippen LogP contribution in [0, 0.1) is 11.3 Å². The van der Waals surface area contributed by atoms with E-state index in [0.717, 1.165) is 31.4 Å². The van der Waals surface area contributed by atoms with Crippen LogP contribution in [0.25, 0.3) is 0 Å². The number of hydrogen-bond acceptors (Lipinski definition) is 3. The molecule has 128 valence electrons. The zero-order chi connectivity index (χ0) is 16.9. The van der Waals surface area contributed by atoms with Crippen molar-refractivity contribution >= 4 is 11.9 Å². The van der Waals surface area contributed by atoms with E-state index >= 15 is 0 Å². The van der Waals surface area contributed by atoms with Crippen LogP contribution in [-0.2, 0) is 15.0 Å². The summed E-state index contributed by atoms with van der Waals surface area (Å²) in [5.41, 5.74) is -0.123. The summed E-state index contributed by atoms with van der Waals surface area (Å²) in [4.78, 5) is 29.2. The van der Waals surface area contributed by atoms with E-state index in [1.165, 1.54) is 0 Å². The Morgan fingerprint density at radius 3 is 2.50 bits per heavy atom. The molecular weight excluding hydrogens is 304 g/mol. The van der Waals surface area contributed by atoms with E-state index in [9.17, 15) is 14.7 Å². The highest BCUT2D eigenvalue weighted by atomic mass is 16.4. The minimum absolute atomic E-state index is 0.0710. The van der Waals surface area contributed by atoms with Crippen LogP contribution >= 0.6 is 0 Å². The van der Waals surface area contributed by atoms with Gasteiger partial charge in [-0.25, -0.2) is 0 Å². The van der Waals surface area contributed by atoms with Crippen LogP contribution in [0.15, 0.2) is 30.3 Å². The van der Waals surface area contributed by atoms with Gasteiger partial charge >= 0.3 is 5.97 Å². The topological polar surface area (TPSA) is 60.9 Å². The zero-order valence-electron chi connectivity index (χ0n) is 14.1. The van der Waals surface area contributed by atoms with Gasteiger partial charge in [0.05, 0.1) is 5.41 Å². The molecule has 2 heterocycles. The Balaban J connectivity index is 1.60. The average molecular weight is 328 g/mol. The number of aliphatic carboxylic acids is 1. The molecule has 1 aliphatic carbocycles. The molecule has 5 heteroatoms. The van der Waals surface area contributed by atoms with E-state index in [1.54, 1.807) is 0 Å². The van der Waals surface area contributed by atoms with Gasteiger partial charge in [-0.2, -0.15) is 0 Å². The summed E-state index contributed by atoms with van der Waals surface area (Å²) in [5, 5.41) is 9.89. The van der Waals surface area contributed by atoms with Crippen LogP contribution in [0.3, 0.4) is 0 Å². The first-order chi connectivity index (χ1) is 11.5. The zero-order valence-corrected chi connectivity index (χ0v) is 14.1. The highest BCUT2D eigenvalue weighted by molar-refractivity contribution is 5.92. The Kier molecular flexibility index (Phi) is 3.46. The molecule has 2 unspecified atom stereocenters. The first kappa shape index (κ1) is 15.6. The standard InChI is InChI=1S/C19H24N2O3/c1-20-10-7-15-11-21(13-19(15,12-20)17(23)24)16(22)18(8-9-18)14-5-3-2-4-6-14/h2-6,15H,7-13H2,1H3,(H,23,24). The summed E-state index contributed by atoms with van der Waals surface area (Å²) >= 11 is 0. The van der Waals surface area contributed by atoms with Gasteiger partial charge in [0.1, 0.15) is 5.41 Å². The lowest BCUT2D eigenvalue weighted by Gasteiger charge is -2.39.